The molecule has 0 saturated carbocycles. The van der Waals surface area contributed by atoms with Crippen LogP contribution in [0.3, 0.4) is 0 Å². The number of nitrogens with two attached hydrogens (primary N) is 1. The van der Waals surface area contributed by atoms with Crippen LogP contribution < -0.4 is 10.8 Å². The highest BCUT2D eigenvalue weighted by Crippen LogP contribution is 2.41. The summed E-state index contributed by atoms with van der Waals surface area (Å²) < 4.78 is 108. The number of hydrogen-bond acceptors (Lipinski definition) is 9. The third-order valence-corrected chi connectivity index (χ3v) is 6.63. The van der Waals surface area contributed by atoms with Crippen molar-refractivity contribution >= 4 is 64.0 Å². The molecule has 0 saturated heterocycles. The van der Waals surface area contributed by atoms with Gasteiger partial charge in [0.25, 0.3) is 5.69 Å². The minimum absolute atomic E-state index is 0.421. The third-order valence-electron chi connectivity index (χ3n) is 4.24. The fraction of sp³-hybridized carbons (Fsp3) is 0. The molecule has 0 aromatic heterocycles. The second kappa shape index (κ2) is 8.10. The average Bonchev–Trinajstić information content (AvgIpc) is 2.70. The van der Waals surface area contributed by atoms with Gasteiger partial charge in [0.2, 0.25) is 11.4 Å². The van der Waals surface area contributed by atoms with E-state index in [2.05, 4.69) is 21.0 Å². The Morgan fingerprint density at radius 3 is 2.15 bits per heavy atom. The van der Waals surface area contributed by atoms with E-state index >= 15 is 0 Å². The van der Waals surface area contributed by atoms with E-state index < -0.39 is 91.3 Å². The molecule has 3 aromatic rings. The first kappa shape index (κ1) is 24.6. The lowest BCUT2D eigenvalue weighted by Gasteiger charge is -2.12. The van der Waals surface area contributed by atoms with E-state index in [0.717, 1.165) is 0 Å². The number of anilines is 1. The number of halogens is 4. The fourth-order valence-corrected chi connectivity index (χ4v) is 4.36. The lowest BCUT2D eigenvalue weighted by molar-refractivity contribution is -0.437. The summed E-state index contributed by atoms with van der Waals surface area (Å²) in [7, 11) is -10.3. The van der Waals surface area contributed by atoms with Gasteiger partial charge in [0.15, 0.2) is 28.1 Å². The SMILES string of the molecule is Nc1cc(S(=O)(=O)[O-])cc2cc(S(=O)(=O)O)c([NH+]=Nc3c(O)c(F)c(Br)c(F)c3F)c(O)c12. The molecule has 17 heteroatoms. The number of azo groups is 1. The van der Waals surface area contributed by atoms with E-state index in [-0.39, 0.29) is 0 Å². The van der Waals surface area contributed by atoms with Gasteiger partial charge in [-0.05, 0) is 39.5 Å². The molecule has 6 N–H and O–H groups in total. The van der Waals surface area contributed by atoms with Crippen LogP contribution in [0, 0.1) is 17.5 Å². The molecule has 33 heavy (non-hydrogen) atoms. The maximum atomic E-state index is 14.1. The largest absolute Gasteiger partial charge is 0.744 e. The third kappa shape index (κ3) is 4.32. The summed E-state index contributed by atoms with van der Waals surface area (Å²) in [5.41, 5.74) is 2.77. The fourth-order valence-electron chi connectivity index (χ4n) is 2.78. The van der Waals surface area contributed by atoms with Crippen molar-refractivity contribution in [3.8, 4) is 11.5 Å². The molecule has 0 radical (unpaired) electrons. The van der Waals surface area contributed by atoms with E-state index in [0.29, 0.717) is 18.2 Å². The number of phenols is 2. The van der Waals surface area contributed by atoms with E-state index in [1.165, 1.54) is 0 Å². The number of benzene rings is 3. The lowest BCUT2D eigenvalue weighted by Crippen LogP contribution is -2.58. The van der Waals surface area contributed by atoms with Gasteiger partial charge in [-0.15, -0.1) is 0 Å². The summed E-state index contributed by atoms with van der Waals surface area (Å²) in [6, 6.07) is 1.91. The van der Waals surface area contributed by atoms with Gasteiger partial charge >= 0.3 is 10.1 Å². The van der Waals surface area contributed by atoms with Gasteiger partial charge in [-0.2, -0.15) is 8.42 Å². The standard InChI is InChI=1S/C16H9BrF3N3O8S2/c17-9-10(18)12(20)14(16(25)11(9)19)23-22-13-7(33(29,30)31)2-4-1-5(32(26,27)28)3-6(21)8(4)15(13)24/h1-3,24-25H,21H2,(H,26,27,28)(H,29,30,31). The summed E-state index contributed by atoms with van der Waals surface area (Å²) in [4.78, 5) is -2.06. The van der Waals surface area contributed by atoms with Crippen LogP contribution in [0.1, 0.15) is 0 Å². The Kier molecular flexibility index (Phi) is 6.05. The first-order valence-electron chi connectivity index (χ1n) is 8.10. The summed E-state index contributed by atoms with van der Waals surface area (Å²) >= 11 is 2.37. The molecule has 0 fully saturated rings. The minimum atomic E-state index is -5.22. The summed E-state index contributed by atoms with van der Waals surface area (Å²) in [5, 5.41) is 24.3. The van der Waals surface area contributed by atoms with Gasteiger partial charge in [0.1, 0.15) is 10.1 Å². The van der Waals surface area contributed by atoms with Crippen LogP contribution >= 0.6 is 15.9 Å². The Labute approximate surface area is 190 Å². The van der Waals surface area contributed by atoms with Crippen molar-refractivity contribution in [2.24, 2.45) is 5.11 Å². The molecular weight excluding hydrogens is 563 g/mol. The molecular formula is C16H9BrF3N3O8S2. The highest BCUT2D eigenvalue weighted by Gasteiger charge is 2.30. The van der Waals surface area contributed by atoms with Crippen LogP contribution in [0.4, 0.5) is 30.2 Å². The maximum absolute atomic E-state index is 14.1. The molecule has 3 rings (SSSR count). The van der Waals surface area contributed by atoms with Crippen molar-refractivity contribution in [2.75, 3.05) is 5.73 Å². The normalized spacial score (nSPS) is 12.7. The van der Waals surface area contributed by atoms with E-state index in [9.17, 15) is 49.3 Å². The van der Waals surface area contributed by atoms with E-state index in [1.54, 1.807) is 5.11 Å². The molecule has 0 aliphatic carbocycles. The zero-order chi connectivity index (χ0) is 25.0. The topological polar surface area (TPSA) is 204 Å². The molecule has 0 aliphatic rings. The van der Waals surface area contributed by atoms with Crippen LogP contribution in [0.5, 0.6) is 11.5 Å². The molecule has 3 aromatic carbocycles. The van der Waals surface area contributed by atoms with Crippen molar-refractivity contribution < 1.29 is 54.4 Å². The van der Waals surface area contributed by atoms with Crippen LogP contribution in [0.25, 0.3) is 10.8 Å². The first-order valence-corrected chi connectivity index (χ1v) is 11.7. The van der Waals surface area contributed by atoms with Gasteiger partial charge in [0, 0.05) is 10.8 Å². The van der Waals surface area contributed by atoms with Gasteiger partial charge in [-0.25, -0.2) is 21.6 Å². The van der Waals surface area contributed by atoms with Crippen molar-refractivity contribution in [1.82, 2.24) is 0 Å². The minimum Gasteiger partial charge on any atom is -0.744 e. The second-order valence-electron chi connectivity index (χ2n) is 6.31. The average molecular weight is 572 g/mol. The highest BCUT2D eigenvalue weighted by molar-refractivity contribution is 9.10. The number of hydrogen-bond donors (Lipinski definition) is 5. The smallest absolute Gasteiger partial charge is 0.301 e. The molecule has 0 unspecified atom stereocenters. The molecule has 0 bridgehead atoms. The van der Waals surface area contributed by atoms with Crippen LogP contribution in [-0.2, 0) is 20.2 Å². The van der Waals surface area contributed by atoms with Gasteiger partial charge in [0.05, 0.1) is 14.8 Å². The number of aromatic hydroxyl groups is 2. The van der Waals surface area contributed by atoms with Crippen LogP contribution in [-0.4, -0.2) is 36.2 Å². The van der Waals surface area contributed by atoms with Crippen LogP contribution in [0.2, 0.25) is 0 Å². The van der Waals surface area contributed by atoms with Crippen molar-refractivity contribution in [3.05, 3.63) is 40.1 Å². The Morgan fingerprint density at radius 1 is 1.00 bits per heavy atom. The number of nitrogens with one attached hydrogen (secondary N) is 1. The molecule has 11 nitrogen and oxygen atoms in total. The number of rotatable bonds is 4. The summed E-state index contributed by atoms with van der Waals surface area (Å²) in [6.07, 6.45) is 0. The van der Waals surface area contributed by atoms with Gasteiger partial charge < -0.3 is 20.5 Å². The molecule has 0 aliphatic heterocycles. The van der Waals surface area contributed by atoms with Crippen molar-refractivity contribution in [2.45, 2.75) is 9.79 Å². The first-order chi connectivity index (χ1) is 15.1. The Balaban J connectivity index is 2.39. The molecule has 0 spiro atoms. The molecule has 0 amide bonds. The number of nitrogens with zero attached hydrogens (tertiary/aromatic N) is 1. The molecule has 176 valence electrons. The van der Waals surface area contributed by atoms with Crippen molar-refractivity contribution in [1.29, 1.82) is 0 Å². The monoisotopic (exact) mass is 571 g/mol. The number of nitrogen functional groups attached to an aromatic ring is 1. The second-order valence-corrected chi connectivity index (χ2v) is 9.88. The Hall–Kier alpha value is -2.99. The quantitative estimate of drug-likeness (QED) is 0.0769. The maximum Gasteiger partial charge on any atom is 0.301 e. The lowest BCUT2D eigenvalue weighted by atomic mass is 10.1. The summed E-state index contributed by atoms with van der Waals surface area (Å²) in [5.74, 6) is -7.89. The zero-order valence-corrected chi connectivity index (χ0v) is 18.7. The van der Waals surface area contributed by atoms with E-state index in [1.807, 2.05) is 0 Å². The predicted molar refractivity (Wildman–Crippen MR) is 106 cm³/mol. The summed E-state index contributed by atoms with van der Waals surface area (Å²) in [6.45, 7) is 0. The molecule has 0 atom stereocenters. The van der Waals surface area contributed by atoms with Crippen molar-refractivity contribution in [3.63, 3.8) is 0 Å². The van der Waals surface area contributed by atoms with Gasteiger partial charge in [-0.1, -0.05) is 5.11 Å². The predicted octanol–water partition coefficient (Wildman–Crippen LogP) is 1.66. The highest BCUT2D eigenvalue weighted by atomic mass is 79.9. The van der Waals surface area contributed by atoms with E-state index in [4.69, 9.17) is 5.73 Å². The molecule has 0 heterocycles. The van der Waals surface area contributed by atoms with Crippen LogP contribution in [0.15, 0.2) is 37.6 Å². The van der Waals surface area contributed by atoms with Gasteiger partial charge in [-0.3, -0.25) is 4.55 Å². The Morgan fingerprint density at radius 2 is 1.61 bits per heavy atom. The number of fused-ring (bicyclic) bond motifs is 1. The Bertz CT molecular complexity index is 1570. The zero-order valence-electron chi connectivity index (χ0n) is 15.5. The number of phenolic OH excluding ortho intramolecular Hbond substituents is 2.